The number of benzene rings is 2. The number of nitrogens with zero attached hydrogens (tertiary/aromatic N) is 1. The van der Waals surface area contributed by atoms with Crippen molar-refractivity contribution in [3.63, 3.8) is 0 Å². The Morgan fingerprint density at radius 3 is 2.24 bits per heavy atom. The molecule has 1 N–H and O–H groups in total. The average Bonchev–Trinajstić information content (AvgIpc) is 2.81. The number of aryl methyl sites for hydroxylation is 3. The molecule has 2 atom stereocenters. The van der Waals surface area contributed by atoms with Gasteiger partial charge in [-0.15, -0.1) is 7.05 Å². The summed E-state index contributed by atoms with van der Waals surface area (Å²) >= 11 is 0. The zero-order chi connectivity index (χ0) is 15.0. The summed E-state index contributed by atoms with van der Waals surface area (Å²) in [6, 6.07) is 15.2. The third-order valence-electron chi connectivity index (χ3n) is 4.58. The van der Waals surface area contributed by atoms with Crippen molar-refractivity contribution in [3.8, 4) is 0 Å². The van der Waals surface area contributed by atoms with Crippen LogP contribution in [-0.2, 0) is 0 Å². The van der Waals surface area contributed by atoms with E-state index in [2.05, 4.69) is 75.2 Å². The topological polar surface area (TPSA) is 7.68 Å². The number of nitrogens with one attached hydrogen (secondary N) is 1. The second-order valence-corrected chi connectivity index (χ2v) is 6.10. The predicted octanol–water partition coefficient (Wildman–Crippen LogP) is 2.81. The van der Waals surface area contributed by atoms with Gasteiger partial charge in [0.25, 0.3) is 0 Å². The second-order valence-electron chi connectivity index (χ2n) is 6.10. The normalized spacial score (nSPS) is 21.8. The molecule has 2 unspecified atom stereocenters. The van der Waals surface area contributed by atoms with Gasteiger partial charge in [-0.2, -0.15) is 0 Å². The Bertz CT molecular complexity index is 628. The van der Waals surface area contributed by atoms with E-state index in [4.69, 9.17) is 0 Å². The van der Waals surface area contributed by atoms with Crippen LogP contribution in [0.5, 0.6) is 0 Å². The first-order chi connectivity index (χ1) is 10.1. The molecule has 1 saturated heterocycles. The summed E-state index contributed by atoms with van der Waals surface area (Å²) < 4.78 is 0. The van der Waals surface area contributed by atoms with Crippen LogP contribution in [0.3, 0.4) is 0 Å². The van der Waals surface area contributed by atoms with Crippen LogP contribution >= 0.6 is 0 Å². The van der Waals surface area contributed by atoms with Gasteiger partial charge in [-0.1, -0.05) is 42.5 Å². The van der Waals surface area contributed by atoms with Gasteiger partial charge in [-0.25, -0.2) is 0 Å². The maximum Gasteiger partial charge on any atom is 0.166 e. The van der Waals surface area contributed by atoms with Crippen LogP contribution in [0.4, 0.5) is 5.69 Å². The van der Waals surface area contributed by atoms with Gasteiger partial charge in [0.05, 0.1) is 13.1 Å². The summed E-state index contributed by atoms with van der Waals surface area (Å²) in [6.07, 6.45) is 0.311. The van der Waals surface area contributed by atoms with Crippen LogP contribution in [0.1, 0.15) is 28.4 Å². The number of para-hydroxylation sites is 1. The summed E-state index contributed by atoms with van der Waals surface area (Å²) in [5, 5.41) is 0. The molecule has 0 bridgehead atoms. The highest BCUT2D eigenvalue weighted by atomic mass is 15.4. The van der Waals surface area contributed by atoms with Gasteiger partial charge in [-0.05, 0) is 37.5 Å². The minimum atomic E-state index is 0.311. The fourth-order valence-corrected chi connectivity index (χ4v) is 3.53. The highest BCUT2D eigenvalue weighted by Crippen LogP contribution is 2.32. The van der Waals surface area contributed by atoms with Crippen LogP contribution in [0.25, 0.3) is 0 Å². The quantitative estimate of drug-likeness (QED) is 0.831. The molecule has 0 amide bonds. The molecule has 1 heterocycles. The Kier molecular flexibility index (Phi) is 3.73. The minimum Gasteiger partial charge on any atom is -0.443 e. The van der Waals surface area contributed by atoms with Crippen molar-refractivity contribution >= 4 is 5.69 Å². The van der Waals surface area contributed by atoms with Crippen LogP contribution < -0.4 is 9.80 Å². The first kappa shape index (κ1) is 14.2. The number of quaternary nitrogens is 1. The molecule has 21 heavy (non-hydrogen) atoms. The van der Waals surface area contributed by atoms with Gasteiger partial charge in [0, 0.05) is 11.3 Å². The van der Waals surface area contributed by atoms with E-state index in [1.807, 2.05) is 0 Å². The highest BCUT2D eigenvalue weighted by Gasteiger charge is 2.33. The molecule has 2 heteroatoms. The first-order valence-electron chi connectivity index (χ1n) is 7.65. The molecule has 1 aliphatic heterocycles. The smallest absolute Gasteiger partial charge is 0.166 e. The van der Waals surface area contributed by atoms with Gasteiger partial charge in [0.15, 0.2) is 6.17 Å². The molecule has 3 rings (SSSR count). The SMILES string of the molecule is [CH2-][NH+]1CCN(c2c(C)cccc2C)C1c1ccccc1C. The van der Waals surface area contributed by atoms with Gasteiger partial charge in [0.1, 0.15) is 0 Å². The lowest BCUT2D eigenvalue weighted by atomic mass is 10.0. The zero-order valence-corrected chi connectivity index (χ0v) is 13.2. The van der Waals surface area contributed by atoms with E-state index in [0.717, 1.165) is 13.1 Å². The van der Waals surface area contributed by atoms with Crippen LogP contribution in [0.2, 0.25) is 0 Å². The summed E-state index contributed by atoms with van der Waals surface area (Å²) in [5.74, 6) is 0. The Labute approximate surface area is 128 Å². The molecule has 1 aliphatic rings. The maximum atomic E-state index is 4.35. The lowest BCUT2D eigenvalue weighted by molar-refractivity contribution is -0.871. The van der Waals surface area contributed by atoms with Gasteiger partial charge in [0.2, 0.25) is 0 Å². The van der Waals surface area contributed by atoms with Crippen molar-refractivity contribution in [2.75, 3.05) is 18.0 Å². The van der Waals surface area contributed by atoms with Crippen molar-refractivity contribution in [2.24, 2.45) is 0 Å². The minimum absolute atomic E-state index is 0.311. The molecule has 2 nitrogen and oxygen atoms in total. The van der Waals surface area contributed by atoms with Crippen molar-refractivity contribution in [1.29, 1.82) is 0 Å². The van der Waals surface area contributed by atoms with E-state index in [-0.39, 0.29) is 0 Å². The molecule has 0 radical (unpaired) electrons. The summed E-state index contributed by atoms with van der Waals surface area (Å²) in [4.78, 5) is 3.86. The summed E-state index contributed by atoms with van der Waals surface area (Å²) in [6.45, 7) is 8.75. The lowest BCUT2D eigenvalue weighted by Gasteiger charge is -2.33. The molecular formula is C19H24N2. The molecule has 110 valence electrons. The van der Waals surface area contributed by atoms with Crippen molar-refractivity contribution in [3.05, 3.63) is 71.8 Å². The monoisotopic (exact) mass is 280 g/mol. The fraction of sp³-hybridized carbons (Fsp3) is 0.316. The zero-order valence-electron chi connectivity index (χ0n) is 13.2. The average molecular weight is 280 g/mol. The van der Waals surface area contributed by atoms with E-state index in [1.165, 1.54) is 32.8 Å². The Hall–Kier alpha value is -1.80. The van der Waals surface area contributed by atoms with Crippen molar-refractivity contribution in [2.45, 2.75) is 26.9 Å². The molecule has 0 aromatic heterocycles. The highest BCUT2D eigenvalue weighted by molar-refractivity contribution is 5.60. The second kappa shape index (κ2) is 5.53. The summed E-state index contributed by atoms with van der Waals surface area (Å²) in [5.41, 5.74) is 6.82. The molecule has 1 fully saturated rings. The van der Waals surface area contributed by atoms with E-state index in [1.54, 1.807) is 0 Å². The maximum absolute atomic E-state index is 4.35. The van der Waals surface area contributed by atoms with Crippen molar-refractivity contribution in [1.82, 2.24) is 0 Å². The Morgan fingerprint density at radius 1 is 0.952 bits per heavy atom. The number of hydrogen-bond donors (Lipinski definition) is 1. The molecule has 2 aromatic carbocycles. The van der Waals surface area contributed by atoms with Gasteiger partial charge >= 0.3 is 0 Å². The third kappa shape index (κ3) is 2.44. The van der Waals surface area contributed by atoms with Gasteiger partial charge < -0.3 is 9.80 Å². The number of rotatable bonds is 2. The van der Waals surface area contributed by atoms with E-state index >= 15 is 0 Å². The summed E-state index contributed by atoms with van der Waals surface area (Å²) in [7, 11) is 4.35. The molecule has 0 spiro atoms. The predicted molar refractivity (Wildman–Crippen MR) is 88.4 cm³/mol. The lowest BCUT2D eigenvalue weighted by Crippen LogP contribution is -3.05. The van der Waals surface area contributed by atoms with Crippen molar-refractivity contribution < 1.29 is 4.90 Å². The number of anilines is 1. The van der Waals surface area contributed by atoms with E-state index in [9.17, 15) is 0 Å². The molecule has 0 saturated carbocycles. The molecular weight excluding hydrogens is 256 g/mol. The number of hydrogen-bond acceptors (Lipinski definition) is 1. The molecule has 0 aliphatic carbocycles. The van der Waals surface area contributed by atoms with Gasteiger partial charge in [-0.3, -0.25) is 0 Å². The van der Waals surface area contributed by atoms with Crippen LogP contribution in [0, 0.1) is 27.8 Å². The van der Waals surface area contributed by atoms with Crippen LogP contribution in [-0.4, -0.2) is 13.1 Å². The Balaban J connectivity index is 2.08. The Morgan fingerprint density at radius 2 is 1.57 bits per heavy atom. The van der Waals surface area contributed by atoms with Crippen LogP contribution in [0.15, 0.2) is 42.5 Å². The van der Waals surface area contributed by atoms with E-state index < -0.39 is 0 Å². The largest absolute Gasteiger partial charge is 0.443 e. The van der Waals surface area contributed by atoms with E-state index in [0.29, 0.717) is 6.17 Å². The fourth-order valence-electron chi connectivity index (χ4n) is 3.53. The standard InChI is InChI=1S/C19H24N2/c1-14-8-5-6-11-17(14)19-20(4)12-13-21(19)18-15(2)9-7-10-16(18)3/h5-11,19-20H,4,12-13H2,1-3H3. The first-order valence-corrected chi connectivity index (χ1v) is 7.65. The molecule has 2 aromatic rings. The third-order valence-corrected chi connectivity index (χ3v) is 4.58.